The number of nitrogens with one attached hydrogen (secondary N) is 1. The lowest BCUT2D eigenvalue weighted by Crippen LogP contribution is -2.31. The Morgan fingerprint density at radius 1 is 1.15 bits per heavy atom. The Morgan fingerprint density at radius 2 is 2.03 bits per heavy atom. The molecule has 6 nitrogen and oxygen atoms in total. The van der Waals surface area contributed by atoms with Crippen LogP contribution in [-0.2, 0) is 4.74 Å². The molecular weight excluding hydrogens is 434 g/mol. The predicted octanol–water partition coefficient (Wildman–Crippen LogP) is 5.15. The van der Waals surface area contributed by atoms with Gasteiger partial charge in [0, 0.05) is 33.4 Å². The van der Waals surface area contributed by atoms with Crippen LogP contribution in [0.1, 0.15) is 35.0 Å². The molecule has 5 rings (SSSR count). The second-order valence-corrected chi connectivity index (χ2v) is 8.89. The van der Waals surface area contributed by atoms with E-state index in [4.69, 9.17) is 14.5 Å². The largest absolute Gasteiger partial charge is 0.493 e. The Hall–Kier alpha value is -3.58. The first-order chi connectivity index (χ1) is 16.1. The van der Waals surface area contributed by atoms with Crippen molar-refractivity contribution >= 4 is 29.1 Å². The van der Waals surface area contributed by atoms with Crippen LogP contribution in [0.15, 0.2) is 87.3 Å². The Balaban J connectivity index is 1.49. The van der Waals surface area contributed by atoms with E-state index in [0.29, 0.717) is 23.7 Å². The van der Waals surface area contributed by atoms with Crippen molar-refractivity contribution in [1.82, 2.24) is 10.3 Å². The number of amides is 1. The number of rotatable bonds is 5. The monoisotopic (exact) mass is 457 g/mol. The van der Waals surface area contributed by atoms with Crippen molar-refractivity contribution in [3.63, 3.8) is 0 Å². The summed E-state index contributed by atoms with van der Waals surface area (Å²) in [6.45, 7) is 2.39. The topological polar surface area (TPSA) is 72.8 Å². The van der Waals surface area contributed by atoms with Gasteiger partial charge >= 0.3 is 0 Å². The Kier molecular flexibility index (Phi) is 5.88. The average molecular weight is 458 g/mol. The molecule has 1 N–H and O–H groups in total. The Bertz CT molecular complexity index is 1290. The van der Waals surface area contributed by atoms with Gasteiger partial charge in [0.15, 0.2) is 0 Å². The number of nitrogens with zero attached hydrogens (tertiary/aromatic N) is 2. The van der Waals surface area contributed by atoms with Gasteiger partial charge in [-0.05, 0) is 43.3 Å². The number of allylic oxidation sites excluding steroid dienone is 1. The van der Waals surface area contributed by atoms with Crippen molar-refractivity contribution < 1.29 is 14.3 Å². The summed E-state index contributed by atoms with van der Waals surface area (Å²) in [5, 5.41) is 2.98. The zero-order valence-electron chi connectivity index (χ0n) is 18.4. The minimum Gasteiger partial charge on any atom is -0.493 e. The fraction of sp³-hybridized carbons (Fsp3) is 0.192. The highest BCUT2D eigenvalue weighted by molar-refractivity contribution is 7.99. The second-order valence-electron chi connectivity index (χ2n) is 7.81. The third kappa shape index (κ3) is 4.50. The molecule has 0 fully saturated rings. The maximum absolute atomic E-state index is 12.8. The zero-order chi connectivity index (χ0) is 22.8. The van der Waals surface area contributed by atoms with Crippen molar-refractivity contribution in [2.75, 3.05) is 13.7 Å². The number of methoxy groups -OCH3 is 1. The molecule has 0 aliphatic carbocycles. The smallest absolute Gasteiger partial charge is 0.251 e. The molecule has 3 aromatic rings. The summed E-state index contributed by atoms with van der Waals surface area (Å²) in [6, 6.07) is 19.4. The number of carbonyl (C=O) groups is 1. The van der Waals surface area contributed by atoms with E-state index < -0.39 is 0 Å². The van der Waals surface area contributed by atoms with Gasteiger partial charge in [-0.1, -0.05) is 36.0 Å². The van der Waals surface area contributed by atoms with Gasteiger partial charge in [-0.25, -0.2) is 9.98 Å². The number of benzene rings is 2. The molecular formula is C26H23N3O3S. The lowest BCUT2D eigenvalue weighted by Gasteiger charge is -2.13. The normalized spacial score (nSPS) is 16.5. The van der Waals surface area contributed by atoms with Gasteiger partial charge in [-0.3, -0.25) is 4.79 Å². The molecule has 1 amide bonds. The van der Waals surface area contributed by atoms with Crippen LogP contribution in [0.25, 0.3) is 0 Å². The second kappa shape index (κ2) is 9.11. The molecule has 0 saturated carbocycles. The van der Waals surface area contributed by atoms with Gasteiger partial charge in [0.05, 0.1) is 36.5 Å². The predicted molar refractivity (Wildman–Crippen MR) is 129 cm³/mol. The molecule has 0 radical (unpaired) electrons. The number of aromatic nitrogens is 1. The van der Waals surface area contributed by atoms with Gasteiger partial charge in [-0.2, -0.15) is 0 Å². The molecule has 0 bridgehead atoms. The SMILES string of the molecule is COc1cccc(C2=Nc3cc(C(=O)NCC4CC=C(C)O4)ccc3Sc3ccccc32)n1. The van der Waals surface area contributed by atoms with Gasteiger partial charge < -0.3 is 14.8 Å². The first-order valence-corrected chi connectivity index (χ1v) is 11.6. The third-order valence-corrected chi connectivity index (χ3v) is 6.64. The summed E-state index contributed by atoms with van der Waals surface area (Å²) in [5.41, 5.74) is 3.75. The van der Waals surface area contributed by atoms with Crippen molar-refractivity contribution in [2.45, 2.75) is 29.2 Å². The molecule has 1 unspecified atom stereocenters. The van der Waals surface area contributed by atoms with E-state index in [0.717, 1.165) is 38.9 Å². The standard InChI is InChI=1S/C26H23N3O3S/c1-16-10-12-18(32-16)15-27-26(30)17-11-13-23-21(14-17)29-25(19-6-3-4-8-22(19)33-23)20-7-5-9-24(28-20)31-2/h3-11,13-14,18H,12,15H2,1-2H3,(H,27,30). The van der Waals surface area contributed by atoms with Gasteiger partial charge in [0.1, 0.15) is 6.10 Å². The van der Waals surface area contributed by atoms with E-state index in [1.165, 1.54) is 0 Å². The van der Waals surface area contributed by atoms with E-state index in [9.17, 15) is 4.79 Å². The van der Waals surface area contributed by atoms with Crippen LogP contribution >= 0.6 is 11.8 Å². The van der Waals surface area contributed by atoms with E-state index in [2.05, 4.69) is 16.4 Å². The number of ether oxygens (including phenoxy) is 2. The molecule has 1 aromatic heterocycles. The summed E-state index contributed by atoms with van der Waals surface area (Å²) < 4.78 is 11.0. The fourth-order valence-electron chi connectivity index (χ4n) is 3.83. The lowest BCUT2D eigenvalue weighted by molar-refractivity contribution is 0.0903. The van der Waals surface area contributed by atoms with Crippen LogP contribution in [-0.4, -0.2) is 36.4 Å². The van der Waals surface area contributed by atoms with E-state index in [1.807, 2.05) is 67.6 Å². The summed E-state index contributed by atoms with van der Waals surface area (Å²) in [5.74, 6) is 1.29. The zero-order valence-corrected chi connectivity index (χ0v) is 19.2. The highest BCUT2D eigenvalue weighted by Gasteiger charge is 2.22. The van der Waals surface area contributed by atoms with Gasteiger partial charge in [0.2, 0.25) is 5.88 Å². The lowest BCUT2D eigenvalue weighted by atomic mass is 10.1. The van der Waals surface area contributed by atoms with E-state index in [-0.39, 0.29) is 12.0 Å². The molecule has 0 saturated heterocycles. The maximum Gasteiger partial charge on any atom is 0.251 e. The number of carbonyl (C=O) groups excluding carboxylic acids is 1. The number of pyridine rings is 1. The van der Waals surface area contributed by atoms with Crippen LogP contribution < -0.4 is 10.1 Å². The van der Waals surface area contributed by atoms with Crippen LogP contribution in [0.5, 0.6) is 5.88 Å². The number of fused-ring (bicyclic) bond motifs is 2. The van der Waals surface area contributed by atoms with Crippen molar-refractivity contribution in [1.29, 1.82) is 0 Å². The highest BCUT2D eigenvalue weighted by atomic mass is 32.2. The molecule has 2 aromatic carbocycles. The minimum absolute atomic E-state index is 0.0106. The maximum atomic E-state index is 12.8. The van der Waals surface area contributed by atoms with Gasteiger partial charge in [-0.15, -0.1) is 0 Å². The third-order valence-electron chi connectivity index (χ3n) is 5.50. The van der Waals surface area contributed by atoms with Crippen LogP contribution in [0, 0.1) is 0 Å². The molecule has 2 aliphatic rings. The van der Waals surface area contributed by atoms with Crippen LogP contribution in [0.3, 0.4) is 0 Å². The fourth-order valence-corrected chi connectivity index (χ4v) is 4.83. The summed E-state index contributed by atoms with van der Waals surface area (Å²) >= 11 is 1.63. The van der Waals surface area contributed by atoms with E-state index in [1.54, 1.807) is 18.9 Å². The molecule has 1 atom stereocenters. The quantitative estimate of drug-likeness (QED) is 0.449. The Morgan fingerprint density at radius 3 is 2.85 bits per heavy atom. The minimum atomic E-state index is -0.144. The van der Waals surface area contributed by atoms with Crippen molar-refractivity contribution in [3.8, 4) is 5.88 Å². The number of hydrogen-bond donors (Lipinski definition) is 1. The van der Waals surface area contributed by atoms with E-state index >= 15 is 0 Å². The van der Waals surface area contributed by atoms with Crippen molar-refractivity contribution in [2.24, 2.45) is 4.99 Å². The number of aliphatic imine (C=N–C) groups is 1. The summed E-state index contributed by atoms with van der Waals surface area (Å²) in [7, 11) is 1.60. The molecule has 3 heterocycles. The summed E-state index contributed by atoms with van der Waals surface area (Å²) in [6.07, 6.45) is 2.84. The summed E-state index contributed by atoms with van der Waals surface area (Å²) in [4.78, 5) is 24.5. The highest BCUT2D eigenvalue weighted by Crippen LogP contribution is 2.41. The first kappa shape index (κ1) is 21.3. The molecule has 33 heavy (non-hydrogen) atoms. The molecule has 2 aliphatic heterocycles. The molecule has 0 spiro atoms. The van der Waals surface area contributed by atoms with Crippen LogP contribution in [0.4, 0.5) is 5.69 Å². The average Bonchev–Trinajstić information content (AvgIpc) is 3.19. The first-order valence-electron chi connectivity index (χ1n) is 10.7. The van der Waals surface area contributed by atoms with Gasteiger partial charge in [0.25, 0.3) is 5.91 Å². The molecule has 166 valence electrons. The molecule has 7 heteroatoms. The Labute approximate surface area is 196 Å². The number of hydrogen-bond acceptors (Lipinski definition) is 6. The van der Waals surface area contributed by atoms with Crippen LogP contribution in [0.2, 0.25) is 0 Å². The van der Waals surface area contributed by atoms with Crippen molar-refractivity contribution in [3.05, 3.63) is 89.3 Å².